The van der Waals surface area contributed by atoms with Crippen LogP contribution in [0.4, 0.5) is 0 Å². The molecule has 3 N–H and O–H groups in total. The fraction of sp³-hybridized carbons (Fsp3) is 0.583. The Morgan fingerprint density at radius 1 is 1.00 bits per heavy atom. The van der Waals surface area contributed by atoms with Crippen LogP contribution in [0.2, 0.25) is 0 Å². The summed E-state index contributed by atoms with van der Waals surface area (Å²) in [7, 11) is 0. The number of nitrogens with two attached hydrogens (primary N) is 1. The van der Waals surface area contributed by atoms with Gasteiger partial charge >= 0.3 is 23.9 Å². The lowest BCUT2D eigenvalue weighted by molar-refractivity contribution is -0.159. The van der Waals surface area contributed by atoms with E-state index in [2.05, 4.69) is 0 Å². The Morgan fingerprint density at radius 3 is 2.03 bits per heavy atom. The standard InChI is InChI=1S/C24H35NO8/c1-7-19(26)32-17-11-10-15(13-18(17)33-20(27)8-2)16(21(25)22(28)29)12-14(4)31-23(30)24(5,6)9-3/h10-11,13-14,16,21H,7-9,12,25H2,1-6H3,(H,28,29)/t14?,16?,21-/m0/s1. The first-order chi connectivity index (χ1) is 15.4. The third-order valence-corrected chi connectivity index (χ3v) is 5.47. The maximum Gasteiger partial charge on any atom is 0.321 e. The summed E-state index contributed by atoms with van der Waals surface area (Å²) in [5, 5.41) is 9.55. The molecule has 2 unspecified atom stereocenters. The summed E-state index contributed by atoms with van der Waals surface area (Å²) in [6, 6.07) is 3.10. The third-order valence-electron chi connectivity index (χ3n) is 5.47. The second-order valence-corrected chi connectivity index (χ2v) is 8.52. The molecule has 9 heteroatoms. The minimum Gasteiger partial charge on any atom is -0.480 e. The van der Waals surface area contributed by atoms with Crippen LogP contribution in [0.3, 0.4) is 0 Å². The number of rotatable bonds is 12. The Morgan fingerprint density at radius 2 is 1.55 bits per heavy atom. The predicted molar refractivity (Wildman–Crippen MR) is 121 cm³/mol. The molecule has 9 nitrogen and oxygen atoms in total. The maximum atomic E-state index is 12.4. The number of carboxylic acids is 1. The highest BCUT2D eigenvalue weighted by molar-refractivity contribution is 5.77. The number of benzene rings is 1. The first kappa shape index (κ1) is 28.1. The van der Waals surface area contributed by atoms with E-state index in [-0.39, 0.29) is 36.7 Å². The van der Waals surface area contributed by atoms with Gasteiger partial charge in [-0.05, 0) is 51.3 Å². The van der Waals surface area contributed by atoms with Crippen LogP contribution < -0.4 is 15.2 Å². The molecule has 0 aliphatic heterocycles. The van der Waals surface area contributed by atoms with E-state index < -0.39 is 41.4 Å². The summed E-state index contributed by atoms with van der Waals surface area (Å²) < 4.78 is 16.1. The summed E-state index contributed by atoms with van der Waals surface area (Å²) in [6.45, 7) is 10.3. The van der Waals surface area contributed by atoms with Crippen molar-refractivity contribution in [3.63, 3.8) is 0 Å². The predicted octanol–water partition coefficient (Wildman–Crippen LogP) is 3.57. The van der Waals surface area contributed by atoms with Gasteiger partial charge in [0, 0.05) is 18.8 Å². The first-order valence-corrected chi connectivity index (χ1v) is 11.1. The van der Waals surface area contributed by atoms with Gasteiger partial charge in [0.2, 0.25) is 0 Å². The summed E-state index contributed by atoms with van der Waals surface area (Å²) in [6.07, 6.45) is 0.281. The summed E-state index contributed by atoms with van der Waals surface area (Å²) in [5.74, 6) is -3.44. The molecule has 0 radical (unpaired) electrons. The van der Waals surface area contributed by atoms with Crippen LogP contribution >= 0.6 is 0 Å². The lowest BCUT2D eigenvalue weighted by Crippen LogP contribution is -2.39. The molecule has 0 aromatic heterocycles. The second-order valence-electron chi connectivity index (χ2n) is 8.52. The third kappa shape index (κ3) is 8.16. The molecule has 1 rings (SSSR count). The molecule has 33 heavy (non-hydrogen) atoms. The van der Waals surface area contributed by atoms with Gasteiger partial charge in [0.15, 0.2) is 11.5 Å². The van der Waals surface area contributed by atoms with Gasteiger partial charge in [0.05, 0.1) is 11.5 Å². The zero-order valence-corrected chi connectivity index (χ0v) is 20.2. The summed E-state index contributed by atoms with van der Waals surface area (Å²) in [5.41, 5.74) is 5.74. The molecule has 0 aliphatic rings. The van der Waals surface area contributed by atoms with Crippen molar-refractivity contribution in [1.82, 2.24) is 0 Å². The average Bonchev–Trinajstić information content (AvgIpc) is 2.77. The average molecular weight is 466 g/mol. The van der Waals surface area contributed by atoms with Gasteiger partial charge < -0.3 is 25.1 Å². The number of carboxylic acid groups (broad SMARTS) is 1. The molecule has 184 valence electrons. The number of ether oxygens (including phenoxy) is 3. The minimum atomic E-state index is -1.32. The molecule has 3 atom stereocenters. The van der Waals surface area contributed by atoms with Crippen LogP contribution in [0.1, 0.15) is 78.7 Å². The lowest BCUT2D eigenvalue weighted by Gasteiger charge is -2.28. The van der Waals surface area contributed by atoms with Crippen LogP contribution in [0, 0.1) is 5.41 Å². The fourth-order valence-corrected chi connectivity index (χ4v) is 2.86. The first-order valence-electron chi connectivity index (χ1n) is 11.1. The van der Waals surface area contributed by atoms with E-state index in [1.165, 1.54) is 12.1 Å². The molecule has 0 saturated heterocycles. The van der Waals surface area contributed by atoms with Gasteiger partial charge in [-0.15, -0.1) is 0 Å². The maximum absolute atomic E-state index is 12.4. The molecule has 1 aromatic rings. The highest BCUT2D eigenvalue weighted by Gasteiger charge is 2.33. The fourth-order valence-electron chi connectivity index (χ4n) is 2.86. The van der Waals surface area contributed by atoms with Gasteiger partial charge in [-0.1, -0.05) is 26.8 Å². The largest absolute Gasteiger partial charge is 0.480 e. The number of carbonyl (C=O) groups excluding carboxylic acids is 3. The van der Waals surface area contributed by atoms with E-state index in [4.69, 9.17) is 19.9 Å². The van der Waals surface area contributed by atoms with Gasteiger partial charge in [0.25, 0.3) is 0 Å². The SMILES string of the molecule is CCC(=O)Oc1ccc(C(CC(C)OC(=O)C(C)(C)CC)[C@H](N)C(=O)O)cc1OC(=O)CC. The highest BCUT2D eigenvalue weighted by atomic mass is 16.6. The molecule has 0 saturated carbocycles. The quantitative estimate of drug-likeness (QED) is 0.350. The van der Waals surface area contributed by atoms with Crippen molar-refractivity contribution in [2.75, 3.05) is 0 Å². The van der Waals surface area contributed by atoms with E-state index in [1.54, 1.807) is 40.7 Å². The summed E-state index contributed by atoms with van der Waals surface area (Å²) in [4.78, 5) is 47.8. The van der Waals surface area contributed by atoms with E-state index in [1.807, 2.05) is 6.92 Å². The van der Waals surface area contributed by atoms with Crippen molar-refractivity contribution in [2.24, 2.45) is 11.1 Å². The van der Waals surface area contributed by atoms with E-state index >= 15 is 0 Å². The van der Waals surface area contributed by atoms with Crippen LogP contribution in [0.25, 0.3) is 0 Å². The Hall–Kier alpha value is -2.94. The van der Waals surface area contributed by atoms with E-state index in [9.17, 15) is 24.3 Å². The molecule has 0 aliphatic carbocycles. The number of esters is 3. The lowest BCUT2D eigenvalue weighted by atomic mass is 9.86. The minimum absolute atomic E-state index is 0.0134. The zero-order valence-electron chi connectivity index (χ0n) is 20.2. The number of aliphatic carboxylic acids is 1. The van der Waals surface area contributed by atoms with E-state index in [0.29, 0.717) is 12.0 Å². The van der Waals surface area contributed by atoms with Crippen LogP contribution in [-0.2, 0) is 23.9 Å². The van der Waals surface area contributed by atoms with Crippen molar-refractivity contribution >= 4 is 23.9 Å². The molecule has 0 amide bonds. The highest BCUT2D eigenvalue weighted by Crippen LogP contribution is 2.35. The van der Waals surface area contributed by atoms with E-state index in [0.717, 1.165) is 0 Å². The van der Waals surface area contributed by atoms with Crippen LogP contribution in [0.5, 0.6) is 11.5 Å². The smallest absolute Gasteiger partial charge is 0.321 e. The number of hydrogen-bond acceptors (Lipinski definition) is 8. The van der Waals surface area contributed by atoms with Crippen molar-refractivity contribution in [2.45, 2.75) is 85.3 Å². The van der Waals surface area contributed by atoms with Crippen LogP contribution in [-0.4, -0.2) is 41.1 Å². The van der Waals surface area contributed by atoms with Crippen LogP contribution in [0.15, 0.2) is 18.2 Å². The van der Waals surface area contributed by atoms with Gasteiger partial charge in [0.1, 0.15) is 6.04 Å². The van der Waals surface area contributed by atoms with Crippen molar-refractivity contribution < 1.29 is 38.5 Å². The molecular formula is C24H35NO8. The van der Waals surface area contributed by atoms with Crippen molar-refractivity contribution in [1.29, 1.82) is 0 Å². The number of carbonyl (C=O) groups is 4. The molecule has 0 bridgehead atoms. The topological polar surface area (TPSA) is 142 Å². The normalized spacial score (nSPS) is 14.0. The van der Waals surface area contributed by atoms with Gasteiger partial charge in [-0.3, -0.25) is 19.2 Å². The number of hydrogen-bond donors (Lipinski definition) is 2. The Balaban J connectivity index is 3.31. The molecule has 0 fully saturated rings. The Kier molecular flexibility index (Phi) is 10.5. The molecule has 1 aromatic carbocycles. The molecular weight excluding hydrogens is 430 g/mol. The Bertz CT molecular complexity index is 864. The van der Waals surface area contributed by atoms with Crippen molar-refractivity contribution in [3.8, 4) is 11.5 Å². The molecule has 0 spiro atoms. The summed E-state index contributed by atoms with van der Waals surface area (Å²) >= 11 is 0. The van der Waals surface area contributed by atoms with Crippen molar-refractivity contribution in [3.05, 3.63) is 23.8 Å². The molecule has 0 heterocycles. The van der Waals surface area contributed by atoms with Gasteiger partial charge in [-0.25, -0.2) is 0 Å². The monoisotopic (exact) mass is 465 g/mol. The van der Waals surface area contributed by atoms with Gasteiger partial charge in [-0.2, -0.15) is 0 Å². The Labute approximate surface area is 194 Å². The zero-order chi connectivity index (χ0) is 25.3. The second kappa shape index (κ2) is 12.3.